The standard InChI is InChI=1S/C15H18N4O/c16-13(20)10-3-1-4-11-12(10)19-14(18-11)9-7-15(17-8-9)5-2-6-15/h1,3-4,9,17H,2,5-8H2,(H2,16,20)(H,18,19). The van der Waals surface area contributed by atoms with Gasteiger partial charge in [0, 0.05) is 18.0 Å². The Morgan fingerprint density at radius 1 is 1.40 bits per heavy atom. The molecule has 1 saturated carbocycles. The number of benzene rings is 1. The lowest BCUT2D eigenvalue weighted by Gasteiger charge is -2.38. The normalized spacial score (nSPS) is 24.1. The van der Waals surface area contributed by atoms with Crippen molar-refractivity contribution in [2.75, 3.05) is 6.54 Å². The van der Waals surface area contributed by atoms with Gasteiger partial charge in [-0.05, 0) is 37.8 Å². The molecule has 5 nitrogen and oxygen atoms in total. The molecule has 2 heterocycles. The van der Waals surface area contributed by atoms with Crippen LogP contribution >= 0.6 is 0 Å². The summed E-state index contributed by atoms with van der Waals surface area (Å²) in [6, 6.07) is 5.51. The summed E-state index contributed by atoms with van der Waals surface area (Å²) in [4.78, 5) is 19.5. The van der Waals surface area contributed by atoms with Gasteiger partial charge in [-0.15, -0.1) is 0 Å². The van der Waals surface area contributed by atoms with Crippen molar-refractivity contribution in [1.82, 2.24) is 15.3 Å². The number of fused-ring (bicyclic) bond motifs is 1. The van der Waals surface area contributed by atoms with Crippen LogP contribution in [0.5, 0.6) is 0 Å². The zero-order valence-corrected chi connectivity index (χ0v) is 11.3. The Labute approximate surface area is 117 Å². The van der Waals surface area contributed by atoms with Gasteiger partial charge in [-0.1, -0.05) is 6.07 Å². The molecule has 1 unspecified atom stereocenters. The number of rotatable bonds is 2. The van der Waals surface area contributed by atoms with E-state index in [1.54, 1.807) is 6.07 Å². The first-order valence-corrected chi connectivity index (χ1v) is 7.20. The molecule has 1 aromatic carbocycles. The van der Waals surface area contributed by atoms with Gasteiger partial charge in [0.15, 0.2) is 0 Å². The minimum Gasteiger partial charge on any atom is -0.366 e. The van der Waals surface area contributed by atoms with Crippen LogP contribution in [0.4, 0.5) is 0 Å². The molecule has 1 atom stereocenters. The average Bonchev–Trinajstić information content (AvgIpc) is 3.01. The topological polar surface area (TPSA) is 83.8 Å². The molecular weight excluding hydrogens is 252 g/mol. The lowest BCUT2D eigenvalue weighted by Crippen LogP contribution is -2.45. The number of H-pyrrole nitrogens is 1. The van der Waals surface area contributed by atoms with Gasteiger partial charge < -0.3 is 16.0 Å². The first-order chi connectivity index (χ1) is 9.67. The van der Waals surface area contributed by atoms with Gasteiger partial charge in [-0.25, -0.2) is 4.98 Å². The van der Waals surface area contributed by atoms with Crippen molar-refractivity contribution < 1.29 is 4.79 Å². The number of carbonyl (C=O) groups is 1. The molecule has 20 heavy (non-hydrogen) atoms. The largest absolute Gasteiger partial charge is 0.366 e. The van der Waals surface area contributed by atoms with Gasteiger partial charge in [0.1, 0.15) is 11.3 Å². The summed E-state index contributed by atoms with van der Waals surface area (Å²) in [7, 11) is 0. The maximum atomic E-state index is 11.5. The highest BCUT2D eigenvalue weighted by Gasteiger charge is 2.44. The second-order valence-electron chi connectivity index (χ2n) is 6.10. The molecule has 2 fully saturated rings. The van der Waals surface area contributed by atoms with E-state index in [0.29, 0.717) is 22.5 Å². The van der Waals surface area contributed by atoms with Crippen molar-refractivity contribution in [2.24, 2.45) is 5.73 Å². The van der Waals surface area contributed by atoms with E-state index in [-0.39, 0.29) is 0 Å². The van der Waals surface area contributed by atoms with Gasteiger partial charge in [-0.2, -0.15) is 0 Å². The van der Waals surface area contributed by atoms with E-state index < -0.39 is 5.91 Å². The molecule has 4 rings (SSSR count). The van der Waals surface area contributed by atoms with Crippen molar-refractivity contribution >= 4 is 16.9 Å². The van der Waals surface area contributed by atoms with Crippen molar-refractivity contribution in [3.8, 4) is 0 Å². The zero-order valence-electron chi connectivity index (χ0n) is 11.3. The van der Waals surface area contributed by atoms with Crippen molar-refractivity contribution in [3.63, 3.8) is 0 Å². The van der Waals surface area contributed by atoms with Crippen LogP contribution in [0.2, 0.25) is 0 Å². The summed E-state index contributed by atoms with van der Waals surface area (Å²) in [5.41, 5.74) is 7.86. The fourth-order valence-electron chi connectivity index (χ4n) is 3.58. The van der Waals surface area contributed by atoms with Crippen LogP contribution in [0.15, 0.2) is 18.2 Å². The molecule has 1 spiro atoms. The number of hydrogen-bond donors (Lipinski definition) is 3. The Balaban J connectivity index is 1.71. The maximum absolute atomic E-state index is 11.5. The molecule has 5 heteroatoms. The third-order valence-corrected chi connectivity index (χ3v) is 4.85. The Morgan fingerprint density at radius 2 is 2.25 bits per heavy atom. The Kier molecular flexibility index (Phi) is 2.41. The highest BCUT2D eigenvalue weighted by atomic mass is 16.1. The number of imidazole rings is 1. The number of primary amides is 1. The predicted octanol–water partition coefficient (Wildman–Crippen LogP) is 1.66. The number of para-hydroxylation sites is 1. The summed E-state index contributed by atoms with van der Waals surface area (Å²) >= 11 is 0. The fraction of sp³-hybridized carbons (Fsp3) is 0.467. The summed E-state index contributed by atoms with van der Waals surface area (Å²) in [5.74, 6) is 0.960. The first-order valence-electron chi connectivity index (χ1n) is 7.20. The maximum Gasteiger partial charge on any atom is 0.250 e. The second kappa shape index (κ2) is 4.06. The molecule has 1 saturated heterocycles. The number of aromatic amines is 1. The third kappa shape index (κ3) is 1.66. The molecular formula is C15H18N4O. The van der Waals surface area contributed by atoms with Crippen LogP contribution < -0.4 is 11.1 Å². The zero-order chi connectivity index (χ0) is 13.7. The van der Waals surface area contributed by atoms with Crippen LogP contribution in [0.1, 0.15) is 47.8 Å². The molecule has 104 valence electrons. The van der Waals surface area contributed by atoms with E-state index in [1.165, 1.54) is 19.3 Å². The van der Waals surface area contributed by atoms with Gasteiger partial charge in [0.25, 0.3) is 5.91 Å². The number of amides is 1. The molecule has 2 aromatic rings. The van der Waals surface area contributed by atoms with Gasteiger partial charge >= 0.3 is 0 Å². The average molecular weight is 270 g/mol. The van der Waals surface area contributed by atoms with E-state index in [1.807, 2.05) is 12.1 Å². The van der Waals surface area contributed by atoms with Crippen LogP contribution in [0, 0.1) is 0 Å². The summed E-state index contributed by atoms with van der Waals surface area (Å²) in [5, 5.41) is 3.65. The Bertz CT molecular complexity index is 686. The van der Waals surface area contributed by atoms with E-state index in [0.717, 1.165) is 24.3 Å². The second-order valence-corrected chi connectivity index (χ2v) is 6.10. The van der Waals surface area contributed by atoms with Crippen molar-refractivity contribution in [3.05, 3.63) is 29.6 Å². The van der Waals surface area contributed by atoms with Crippen LogP contribution in [0.3, 0.4) is 0 Å². The summed E-state index contributed by atoms with van der Waals surface area (Å²) in [6.45, 7) is 0.964. The van der Waals surface area contributed by atoms with Gasteiger partial charge in [0.2, 0.25) is 0 Å². The van der Waals surface area contributed by atoms with E-state index in [9.17, 15) is 4.79 Å². The van der Waals surface area contributed by atoms with E-state index >= 15 is 0 Å². The van der Waals surface area contributed by atoms with E-state index in [4.69, 9.17) is 5.73 Å². The number of nitrogens with zero attached hydrogens (tertiary/aromatic N) is 1. The first kappa shape index (κ1) is 11.9. The van der Waals surface area contributed by atoms with Crippen molar-refractivity contribution in [1.29, 1.82) is 0 Å². The monoisotopic (exact) mass is 270 g/mol. The Hall–Kier alpha value is -1.88. The number of nitrogens with two attached hydrogens (primary N) is 1. The fourth-order valence-corrected chi connectivity index (χ4v) is 3.58. The van der Waals surface area contributed by atoms with Gasteiger partial charge in [-0.3, -0.25) is 4.79 Å². The molecule has 1 amide bonds. The number of nitrogens with one attached hydrogen (secondary N) is 2. The quantitative estimate of drug-likeness (QED) is 0.776. The predicted molar refractivity (Wildman–Crippen MR) is 76.6 cm³/mol. The summed E-state index contributed by atoms with van der Waals surface area (Å²) < 4.78 is 0. The van der Waals surface area contributed by atoms with Crippen LogP contribution in [-0.4, -0.2) is 28.0 Å². The molecule has 1 aliphatic heterocycles. The molecule has 0 bridgehead atoms. The highest BCUT2D eigenvalue weighted by molar-refractivity contribution is 6.04. The molecule has 1 aromatic heterocycles. The molecule has 4 N–H and O–H groups in total. The highest BCUT2D eigenvalue weighted by Crippen LogP contribution is 2.43. The molecule has 2 aliphatic rings. The lowest BCUT2D eigenvalue weighted by atomic mass is 9.74. The number of carbonyl (C=O) groups excluding carboxylic acids is 1. The minimum atomic E-state index is -0.423. The van der Waals surface area contributed by atoms with Crippen molar-refractivity contribution in [2.45, 2.75) is 37.1 Å². The number of aromatic nitrogens is 2. The van der Waals surface area contributed by atoms with Crippen LogP contribution in [0.25, 0.3) is 11.0 Å². The minimum absolute atomic E-state index is 0.357. The lowest BCUT2D eigenvalue weighted by molar-refractivity contribution is 0.100. The van der Waals surface area contributed by atoms with Crippen LogP contribution in [-0.2, 0) is 0 Å². The smallest absolute Gasteiger partial charge is 0.250 e. The van der Waals surface area contributed by atoms with E-state index in [2.05, 4.69) is 15.3 Å². The Morgan fingerprint density at radius 3 is 2.90 bits per heavy atom. The third-order valence-electron chi connectivity index (χ3n) is 4.85. The SMILES string of the molecule is NC(=O)c1cccc2[nH]c(C3CNC4(CCC4)C3)nc12. The molecule has 1 aliphatic carbocycles. The summed E-state index contributed by atoms with van der Waals surface area (Å²) in [6.07, 6.45) is 5.01. The number of hydrogen-bond acceptors (Lipinski definition) is 3. The van der Waals surface area contributed by atoms with Gasteiger partial charge in [0.05, 0.1) is 11.1 Å². The molecule has 0 radical (unpaired) electrons.